The zero-order chi connectivity index (χ0) is 15.1. The Morgan fingerprint density at radius 2 is 2.29 bits per heavy atom. The summed E-state index contributed by atoms with van der Waals surface area (Å²) in [5.41, 5.74) is 5.55. The molecule has 0 bridgehead atoms. The summed E-state index contributed by atoms with van der Waals surface area (Å²) in [5.74, 6) is 0.00746. The number of carbonyl (C=O) groups excluding carboxylic acids is 1. The average molecular weight is 311 g/mol. The van der Waals surface area contributed by atoms with Crippen LogP contribution in [0.5, 0.6) is 0 Å². The minimum absolute atomic E-state index is 0.00746. The summed E-state index contributed by atoms with van der Waals surface area (Å²) in [7, 11) is 1.59. The molecule has 5 nitrogen and oxygen atoms in total. The molecule has 0 aliphatic carbocycles. The summed E-state index contributed by atoms with van der Waals surface area (Å²) in [6.07, 6.45) is 2.62. The number of hydrogen-bond acceptors (Lipinski definition) is 5. The lowest BCUT2D eigenvalue weighted by Gasteiger charge is -2.27. The molecule has 1 aliphatic heterocycles. The molecule has 1 aromatic heterocycles. The van der Waals surface area contributed by atoms with Gasteiger partial charge in [0.05, 0.1) is 18.6 Å². The van der Waals surface area contributed by atoms with Crippen LogP contribution in [0.25, 0.3) is 0 Å². The Morgan fingerprint density at radius 3 is 2.86 bits per heavy atom. The van der Waals surface area contributed by atoms with Gasteiger partial charge in [-0.15, -0.1) is 11.3 Å². The molecule has 1 aliphatic rings. The number of likely N-dealkylation sites (tertiary alicyclic amines) is 1. The summed E-state index contributed by atoms with van der Waals surface area (Å²) in [4.78, 5) is 15.8. The normalized spacial score (nSPS) is 18.6. The van der Waals surface area contributed by atoms with E-state index in [1.165, 1.54) is 17.7 Å². The highest BCUT2D eigenvalue weighted by Crippen LogP contribution is 2.27. The highest BCUT2D eigenvalue weighted by molar-refractivity contribution is 7.10. The van der Waals surface area contributed by atoms with Gasteiger partial charge in [0.1, 0.15) is 0 Å². The molecule has 1 fully saturated rings. The standard InChI is InChI=1S/C15H25N3O2S/c1-20-12(10-16)9-15(19)17-11-13(14-5-4-8-21-14)18-6-2-3-7-18/h4-5,8,12-13H,2-3,6-7,9-11,16H2,1H3,(H,17,19). The number of nitrogens with zero attached hydrogens (tertiary/aromatic N) is 1. The zero-order valence-electron chi connectivity index (χ0n) is 12.6. The van der Waals surface area contributed by atoms with E-state index >= 15 is 0 Å². The van der Waals surface area contributed by atoms with Crippen molar-refractivity contribution < 1.29 is 9.53 Å². The van der Waals surface area contributed by atoms with Gasteiger partial charge in [-0.2, -0.15) is 0 Å². The molecule has 2 unspecified atom stereocenters. The summed E-state index contributed by atoms with van der Waals surface area (Å²) in [6.45, 7) is 3.24. The number of thiophene rings is 1. The molecule has 2 atom stereocenters. The number of amides is 1. The largest absolute Gasteiger partial charge is 0.380 e. The first-order valence-electron chi connectivity index (χ1n) is 7.51. The van der Waals surface area contributed by atoms with E-state index in [1.54, 1.807) is 18.4 Å². The maximum absolute atomic E-state index is 12.0. The first-order valence-corrected chi connectivity index (χ1v) is 8.39. The highest BCUT2D eigenvalue weighted by Gasteiger charge is 2.24. The third kappa shape index (κ3) is 4.78. The smallest absolute Gasteiger partial charge is 0.222 e. The van der Waals surface area contributed by atoms with E-state index in [0.29, 0.717) is 19.5 Å². The molecule has 6 heteroatoms. The SMILES string of the molecule is COC(CN)CC(=O)NCC(c1cccs1)N1CCCC1. The Kier molecular flexibility index (Phi) is 6.63. The molecule has 0 saturated carbocycles. The number of rotatable bonds is 8. The van der Waals surface area contributed by atoms with E-state index in [9.17, 15) is 4.79 Å². The third-order valence-corrected chi connectivity index (χ3v) is 4.93. The molecule has 0 radical (unpaired) electrons. The zero-order valence-corrected chi connectivity index (χ0v) is 13.4. The first-order chi connectivity index (χ1) is 10.2. The number of hydrogen-bond donors (Lipinski definition) is 2. The van der Waals surface area contributed by atoms with Crippen molar-refractivity contribution in [1.82, 2.24) is 10.2 Å². The van der Waals surface area contributed by atoms with Gasteiger partial charge in [0.15, 0.2) is 0 Å². The van der Waals surface area contributed by atoms with E-state index in [1.807, 2.05) is 0 Å². The lowest BCUT2D eigenvalue weighted by Crippen LogP contribution is -2.38. The highest BCUT2D eigenvalue weighted by atomic mass is 32.1. The van der Waals surface area contributed by atoms with Crippen molar-refractivity contribution in [3.05, 3.63) is 22.4 Å². The minimum Gasteiger partial charge on any atom is -0.380 e. The summed E-state index contributed by atoms with van der Waals surface area (Å²) >= 11 is 1.75. The molecule has 2 rings (SSSR count). The van der Waals surface area contributed by atoms with Crippen molar-refractivity contribution in [3.8, 4) is 0 Å². The second kappa shape index (κ2) is 8.48. The molecule has 21 heavy (non-hydrogen) atoms. The van der Waals surface area contributed by atoms with Crippen molar-refractivity contribution in [2.45, 2.75) is 31.4 Å². The topological polar surface area (TPSA) is 67.6 Å². The van der Waals surface area contributed by atoms with Crippen LogP contribution in [0.2, 0.25) is 0 Å². The number of nitrogens with one attached hydrogen (secondary N) is 1. The van der Waals surface area contributed by atoms with E-state index in [2.05, 4.69) is 27.7 Å². The van der Waals surface area contributed by atoms with Gasteiger partial charge in [0.2, 0.25) is 5.91 Å². The molecule has 1 aromatic rings. The van der Waals surface area contributed by atoms with Crippen LogP contribution in [0.4, 0.5) is 0 Å². The van der Waals surface area contributed by atoms with Crippen LogP contribution < -0.4 is 11.1 Å². The van der Waals surface area contributed by atoms with Crippen molar-refractivity contribution in [3.63, 3.8) is 0 Å². The number of ether oxygens (including phenoxy) is 1. The number of nitrogens with two attached hydrogens (primary N) is 1. The summed E-state index contributed by atoms with van der Waals surface area (Å²) in [6, 6.07) is 4.51. The predicted molar refractivity (Wildman–Crippen MR) is 85.3 cm³/mol. The Bertz CT molecular complexity index is 415. The van der Waals surface area contributed by atoms with Crippen LogP contribution in [0, 0.1) is 0 Å². The van der Waals surface area contributed by atoms with E-state index in [0.717, 1.165) is 13.1 Å². The quantitative estimate of drug-likeness (QED) is 0.761. The lowest BCUT2D eigenvalue weighted by molar-refractivity contribution is -0.123. The molecule has 1 saturated heterocycles. The number of carbonyl (C=O) groups is 1. The van der Waals surface area contributed by atoms with Gasteiger partial charge in [-0.1, -0.05) is 6.07 Å². The molecular formula is C15H25N3O2S. The van der Waals surface area contributed by atoms with Crippen molar-refractivity contribution in [2.24, 2.45) is 5.73 Å². The van der Waals surface area contributed by atoms with Crippen LogP contribution in [0.1, 0.15) is 30.2 Å². The second-order valence-corrected chi connectivity index (χ2v) is 6.36. The predicted octanol–water partition coefficient (Wildman–Crippen LogP) is 1.37. The van der Waals surface area contributed by atoms with E-state index in [4.69, 9.17) is 10.5 Å². The molecule has 0 spiro atoms. The van der Waals surface area contributed by atoms with Gasteiger partial charge in [-0.3, -0.25) is 9.69 Å². The molecule has 118 valence electrons. The van der Waals surface area contributed by atoms with Crippen molar-refractivity contribution >= 4 is 17.2 Å². The van der Waals surface area contributed by atoms with Gasteiger partial charge >= 0.3 is 0 Å². The van der Waals surface area contributed by atoms with Gasteiger partial charge in [0.25, 0.3) is 0 Å². The average Bonchev–Trinajstić information content (AvgIpc) is 3.18. The molecule has 1 amide bonds. The lowest BCUT2D eigenvalue weighted by atomic mass is 10.2. The van der Waals surface area contributed by atoms with E-state index in [-0.39, 0.29) is 18.1 Å². The van der Waals surface area contributed by atoms with Gasteiger partial charge < -0.3 is 15.8 Å². The second-order valence-electron chi connectivity index (χ2n) is 5.38. The van der Waals surface area contributed by atoms with Crippen molar-refractivity contribution in [2.75, 3.05) is 33.3 Å². The number of methoxy groups -OCH3 is 1. The molecule has 3 N–H and O–H groups in total. The van der Waals surface area contributed by atoms with Crippen LogP contribution in [-0.2, 0) is 9.53 Å². The van der Waals surface area contributed by atoms with Crippen LogP contribution in [0.15, 0.2) is 17.5 Å². The van der Waals surface area contributed by atoms with Crippen LogP contribution in [-0.4, -0.2) is 50.2 Å². The fraction of sp³-hybridized carbons (Fsp3) is 0.667. The van der Waals surface area contributed by atoms with Crippen molar-refractivity contribution in [1.29, 1.82) is 0 Å². The van der Waals surface area contributed by atoms with Gasteiger partial charge in [-0.25, -0.2) is 0 Å². The van der Waals surface area contributed by atoms with E-state index < -0.39 is 0 Å². The van der Waals surface area contributed by atoms with Crippen LogP contribution >= 0.6 is 11.3 Å². The molecule has 2 heterocycles. The fourth-order valence-corrected chi connectivity index (χ4v) is 3.56. The Morgan fingerprint density at radius 1 is 1.52 bits per heavy atom. The monoisotopic (exact) mass is 311 g/mol. The van der Waals surface area contributed by atoms with Gasteiger partial charge in [0, 0.05) is 25.1 Å². The van der Waals surface area contributed by atoms with Gasteiger partial charge in [-0.05, 0) is 37.4 Å². The first kappa shape index (κ1) is 16.4. The van der Waals surface area contributed by atoms with Crippen LogP contribution in [0.3, 0.4) is 0 Å². The Balaban J connectivity index is 1.88. The third-order valence-electron chi connectivity index (χ3n) is 3.95. The molecular weight excluding hydrogens is 286 g/mol. The maximum Gasteiger partial charge on any atom is 0.222 e. The Hall–Kier alpha value is -0.950. The maximum atomic E-state index is 12.0. The fourth-order valence-electron chi connectivity index (χ4n) is 2.70. The Labute approximate surface area is 130 Å². The summed E-state index contributed by atoms with van der Waals surface area (Å²) in [5, 5.41) is 5.13. The minimum atomic E-state index is -0.197. The molecule has 0 aromatic carbocycles. The summed E-state index contributed by atoms with van der Waals surface area (Å²) < 4.78 is 5.15.